The second-order valence-electron chi connectivity index (χ2n) is 7.00. The predicted octanol–water partition coefficient (Wildman–Crippen LogP) is 3.30. The summed E-state index contributed by atoms with van der Waals surface area (Å²) in [4.78, 5) is 26.8. The lowest BCUT2D eigenvalue weighted by Gasteiger charge is -2.32. The van der Waals surface area contributed by atoms with Crippen LogP contribution in [-0.2, 0) is 0 Å². The van der Waals surface area contributed by atoms with Crippen molar-refractivity contribution in [2.24, 2.45) is 0 Å². The van der Waals surface area contributed by atoms with Gasteiger partial charge >= 0.3 is 6.03 Å². The molecule has 0 atom stereocenters. The highest BCUT2D eigenvalue weighted by molar-refractivity contribution is 5.94. The van der Waals surface area contributed by atoms with Crippen LogP contribution in [0.2, 0.25) is 0 Å². The first-order chi connectivity index (χ1) is 14.2. The number of anilines is 1. The molecule has 4 rings (SSSR count). The van der Waals surface area contributed by atoms with Crippen molar-refractivity contribution in [3.63, 3.8) is 0 Å². The normalized spacial score (nSPS) is 14.4. The Morgan fingerprint density at radius 3 is 2.38 bits per heavy atom. The monoisotopic (exact) mass is 389 g/mol. The Bertz CT molecular complexity index is 964. The molecule has 2 N–H and O–H groups in total. The number of urea groups is 1. The minimum atomic E-state index is -0.141. The van der Waals surface area contributed by atoms with Crippen LogP contribution in [-0.4, -0.2) is 45.8 Å². The van der Waals surface area contributed by atoms with Crippen LogP contribution in [0.3, 0.4) is 0 Å². The number of piperidine rings is 1. The molecule has 0 spiro atoms. The Labute approximate surface area is 169 Å². The number of nitrogens with one attached hydrogen (secondary N) is 2. The molecular formula is C22H23N5O2. The highest BCUT2D eigenvalue weighted by Crippen LogP contribution is 2.20. The van der Waals surface area contributed by atoms with Gasteiger partial charge in [0.05, 0.1) is 11.4 Å². The maximum Gasteiger partial charge on any atom is 0.321 e. The molecule has 1 aliphatic rings. The number of benzene rings is 2. The third-order valence-corrected chi connectivity index (χ3v) is 5.05. The quantitative estimate of drug-likeness (QED) is 0.719. The number of nitrogens with zero attached hydrogens (tertiary/aromatic N) is 3. The summed E-state index contributed by atoms with van der Waals surface area (Å²) in [5.41, 5.74) is 2.18. The van der Waals surface area contributed by atoms with E-state index in [1.165, 1.54) is 0 Å². The third kappa shape index (κ3) is 4.45. The minimum Gasteiger partial charge on any atom is -0.349 e. The fourth-order valence-electron chi connectivity index (χ4n) is 3.47. The number of rotatable bonds is 4. The number of hydrogen-bond acceptors (Lipinski definition) is 3. The maximum atomic E-state index is 12.7. The molecule has 2 heterocycles. The Morgan fingerprint density at radius 2 is 1.66 bits per heavy atom. The van der Waals surface area contributed by atoms with Gasteiger partial charge in [0.1, 0.15) is 0 Å². The van der Waals surface area contributed by atoms with E-state index < -0.39 is 0 Å². The Kier molecular flexibility index (Phi) is 5.56. The van der Waals surface area contributed by atoms with Crippen LogP contribution in [0.25, 0.3) is 5.69 Å². The summed E-state index contributed by atoms with van der Waals surface area (Å²) < 4.78 is 1.72. The summed E-state index contributed by atoms with van der Waals surface area (Å²) in [5, 5.41) is 10.3. The number of carbonyl (C=O) groups excluding carboxylic acids is 2. The molecule has 1 aliphatic heterocycles. The van der Waals surface area contributed by atoms with Crippen LogP contribution in [0, 0.1) is 0 Å². The zero-order chi connectivity index (χ0) is 20.1. The fraction of sp³-hybridized carbons (Fsp3) is 0.227. The largest absolute Gasteiger partial charge is 0.349 e. The molecule has 1 fully saturated rings. The first-order valence-corrected chi connectivity index (χ1v) is 9.71. The zero-order valence-corrected chi connectivity index (χ0v) is 16.0. The molecule has 2 aromatic carbocycles. The van der Waals surface area contributed by atoms with Gasteiger partial charge in [-0.15, -0.1) is 0 Å². The van der Waals surface area contributed by atoms with Crippen molar-refractivity contribution in [3.8, 4) is 5.69 Å². The van der Waals surface area contributed by atoms with E-state index in [1.54, 1.807) is 27.9 Å². The second-order valence-corrected chi connectivity index (χ2v) is 7.00. The summed E-state index contributed by atoms with van der Waals surface area (Å²) in [6.07, 6.45) is 5.00. The van der Waals surface area contributed by atoms with Crippen molar-refractivity contribution in [3.05, 3.63) is 78.6 Å². The topological polar surface area (TPSA) is 79.3 Å². The lowest BCUT2D eigenvalue weighted by atomic mass is 10.0. The summed E-state index contributed by atoms with van der Waals surface area (Å²) in [6.45, 7) is 1.19. The van der Waals surface area contributed by atoms with Crippen molar-refractivity contribution < 1.29 is 9.59 Å². The second kappa shape index (κ2) is 8.60. The van der Waals surface area contributed by atoms with Gasteiger partial charge in [0.2, 0.25) is 0 Å². The molecule has 7 heteroatoms. The molecule has 3 aromatic rings. The maximum absolute atomic E-state index is 12.7. The fourth-order valence-corrected chi connectivity index (χ4v) is 3.47. The van der Waals surface area contributed by atoms with Gasteiger partial charge in [-0.1, -0.05) is 30.3 Å². The smallest absolute Gasteiger partial charge is 0.321 e. The summed E-state index contributed by atoms with van der Waals surface area (Å²) in [6, 6.07) is 18.5. The van der Waals surface area contributed by atoms with E-state index in [-0.39, 0.29) is 18.0 Å². The van der Waals surface area contributed by atoms with E-state index in [0.717, 1.165) is 18.5 Å². The van der Waals surface area contributed by atoms with E-state index in [9.17, 15) is 9.59 Å². The molecular weight excluding hydrogens is 366 g/mol. The van der Waals surface area contributed by atoms with Gasteiger partial charge in [-0.05, 0) is 43.2 Å². The minimum absolute atomic E-state index is 0.0679. The van der Waals surface area contributed by atoms with E-state index >= 15 is 0 Å². The molecule has 148 valence electrons. The number of hydrogen-bond donors (Lipinski definition) is 2. The van der Waals surface area contributed by atoms with Crippen molar-refractivity contribution >= 4 is 17.6 Å². The molecule has 1 aromatic heterocycles. The molecule has 0 bridgehead atoms. The Morgan fingerprint density at radius 1 is 0.931 bits per heavy atom. The van der Waals surface area contributed by atoms with E-state index in [0.29, 0.717) is 24.3 Å². The Balaban J connectivity index is 1.33. The molecule has 0 radical (unpaired) electrons. The van der Waals surface area contributed by atoms with Crippen LogP contribution in [0.15, 0.2) is 73.1 Å². The van der Waals surface area contributed by atoms with Crippen LogP contribution < -0.4 is 10.6 Å². The highest BCUT2D eigenvalue weighted by Gasteiger charge is 2.24. The van der Waals surface area contributed by atoms with Crippen molar-refractivity contribution in [1.82, 2.24) is 20.0 Å². The van der Waals surface area contributed by atoms with Gasteiger partial charge in [0.25, 0.3) is 5.91 Å². The van der Waals surface area contributed by atoms with E-state index in [2.05, 4.69) is 15.7 Å². The summed E-state index contributed by atoms with van der Waals surface area (Å²) >= 11 is 0. The van der Waals surface area contributed by atoms with Crippen LogP contribution in [0.5, 0.6) is 0 Å². The molecule has 0 aliphatic carbocycles. The highest BCUT2D eigenvalue weighted by atomic mass is 16.2. The van der Waals surface area contributed by atoms with Crippen molar-refractivity contribution in [2.75, 3.05) is 18.4 Å². The zero-order valence-electron chi connectivity index (χ0n) is 16.0. The number of para-hydroxylation sites is 2. The first-order valence-electron chi connectivity index (χ1n) is 9.71. The van der Waals surface area contributed by atoms with Gasteiger partial charge in [0.15, 0.2) is 0 Å². The number of aromatic nitrogens is 2. The van der Waals surface area contributed by atoms with Crippen LogP contribution in [0.1, 0.15) is 23.2 Å². The van der Waals surface area contributed by atoms with Gasteiger partial charge in [-0.3, -0.25) is 4.79 Å². The molecule has 0 saturated carbocycles. The standard InChI is InChI=1S/C22H23N5O2/c28-21(17-7-2-1-3-8-17)24-18-11-15-26(16-12-18)22(29)25-19-9-4-5-10-20(19)27-14-6-13-23-27/h1-10,13-14,18H,11-12,15-16H2,(H,24,28)(H,25,29). The van der Waals surface area contributed by atoms with Gasteiger partial charge in [-0.2, -0.15) is 5.10 Å². The third-order valence-electron chi connectivity index (χ3n) is 5.05. The summed E-state index contributed by atoms with van der Waals surface area (Å²) in [7, 11) is 0. The van der Waals surface area contributed by atoms with Gasteiger partial charge in [0, 0.05) is 37.1 Å². The summed E-state index contributed by atoms with van der Waals surface area (Å²) in [5.74, 6) is -0.0679. The first kappa shape index (κ1) is 18.7. The average Bonchev–Trinajstić information content (AvgIpc) is 3.30. The van der Waals surface area contributed by atoms with Crippen molar-refractivity contribution in [1.29, 1.82) is 0 Å². The lowest BCUT2D eigenvalue weighted by Crippen LogP contribution is -2.47. The molecule has 0 unspecified atom stereocenters. The molecule has 1 saturated heterocycles. The number of amides is 3. The molecule has 7 nitrogen and oxygen atoms in total. The number of likely N-dealkylation sites (tertiary alicyclic amines) is 1. The van der Waals surface area contributed by atoms with E-state index in [4.69, 9.17) is 0 Å². The van der Waals surface area contributed by atoms with Gasteiger partial charge < -0.3 is 15.5 Å². The van der Waals surface area contributed by atoms with Gasteiger partial charge in [-0.25, -0.2) is 9.48 Å². The van der Waals surface area contributed by atoms with E-state index in [1.807, 2.05) is 54.7 Å². The Hall–Kier alpha value is -3.61. The van der Waals surface area contributed by atoms with Crippen LogP contribution >= 0.6 is 0 Å². The van der Waals surface area contributed by atoms with Crippen molar-refractivity contribution in [2.45, 2.75) is 18.9 Å². The number of carbonyl (C=O) groups is 2. The molecule has 29 heavy (non-hydrogen) atoms. The SMILES string of the molecule is O=C(NC1CCN(C(=O)Nc2ccccc2-n2cccn2)CC1)c1ccccc1. The lowest BCUT2D eigenvalue weighted by molar-refractivity contribution is 0.0919. The predicted molar refractivity (Wildman–Crippen MR) is 111 cm³/mol. The average molecular weight is 389 g/mol. The van der Waals surface area contributed by atoms with Crippen LogP contribution in [0.4, 0.5) is 10.5 Å². The molecule has 3 amide bonds.